The second-order valence-corrected chi connectivity index (χ2v) is 5.69. The second kappa shape index (κ2) is 3.14. The molecule has 14 heavy (non-hydrogen) atoms. The van der Waals surface area contributed by atoms with Gasteiger partial charge in [0.1, 0.15) is 5.50 Å². The van der Waals surface area contributed by atoms with Crippen molar-refractivity contribution in [1.82, 2.24) is 0 Å². The monoisotopic (exact) mass is 231 g/mol. The standard InChI is InChI=1S/C9H10ClNO2S/c1-14(12,13)11-8-5-3-2-4-7(8)6-9(11)10/h2-5,9H,6H2,1H3. The Labute approximate surface area is 88.3 Å². The van der Waals surface area contributed by atoms with Gasteiger partial charge in [0.15, 0.2) is 0 Å². The summed E-state index contributed by atoms with van der Waals surface area (Å²) in [5, 5.41) is 0. The van der Waals surface area contributed by atoms with Gasteiger partial charge in [-0.2, -0.15) is 0 Å². The highest BCUT2D eigenvalue weighted by atomic mass is 35.5. The number of fused-ring (bicyclic) bond motifs is 1. The molecular weight excluding hydrogens is 222 g/mol. The number of halogens is 1. The molecule has 1 atom stereocenters. The lowest BCUT2D eigenvalue weighted by molar-refractivity contribution is 0.596. The molecule has 0 saturated heterocycles. The van der Waals surface area contributed by atoms with E-state index in [1.165, 1.54) is 10.6 Å². The predicted molar refractivity (Wildman–Crippen MR) is 57.1 cm³/mol. The zero-order valence-corrected chi connectivity index (χ0v) is 9.22. The van der Waals surface area contributed by atoms with Crippen LogP contribution in [0.2, 0.25) is 0 Å². The molecule has 0 saturated carbocycles. The largest absolute Gasteiger partial charge is 0.252 e. The summed E-state index contributed by atoms with van der Waals surface area (Å²) in [4.78, 5) is 0. The number of nitrogens with zero attached hydrogens (tertiary/aromatic N) is 1. The Hall–Kier alpha value is -0.740. The van der Waals surface area contributed by atoms with Crippen molar-refractivity contribution >= 4 is 27.3 Å². The third-order valence-electron chi connectivity index (χ3n) is 2.23. The molecule has 0 radical (unpaired) electrons. The first-order chi connectivity index (χ1) is 6.50. The average Bonchev–Trinajstić information content (AvgIpc) is 2.38. The summed E-state index contributed by atoms with van der Waals surface area (Å²) >= 11 is 5.97. The Morgan fingerprint density at radius 1 is 1.43 bits per heavy atom. The predicted octanol–water partition coefficient (Wildman–Crippen LogP) is 1.57. The van der Waals surface area contributed by atoms with E-state index < -0.39 is 15.5 Å². The van der Waals surface area contributed by atoms with Gasteiger partial charge in [0, 0.05) is 6.42 Å². The SMILES string of the molecule is CS(=O)(=O)N1c2ccccc2CC1Cl. The second-order valence-electron chi connectivity index (χ2n) is 3.33. The molecule has 3 nitrogen and oxygen atoms in total. The zero-order valence-electron chi connectivity index (χ0n) is 7.64. The van der Waals surface area contributed by atoms with Crippen molar-refractivity contribution in [3.05, 3.63) is 29.8 Å². The molecule has 1 aromatic rings. The molecule has 0 amide bonds. The average molecular weight is 232 g/mol. The Bertz CT molecular complexity index is 458. The van der Waals surface area contributed by atoms with E-state index in [2.05, 4.69) is 0 Å². The van der Waals surface area contributed by atoms with E-state index in [0.29, 0.717) is 12.1 Å². The summed E-state index contributed by atoms with van der Waals surface area (Å²) in [6, 6.07) is 7.37. The maximum atomic E-state index is 11.4. The Balaban J connectivity index is 2.56. The molecule has 0 N–H and O–H groups in total. The molecular formula is C9H10ClNO2S. The molecule has 1 unspecified atom stereocenters. The minimum Gasteiger partial charge on any atom is -0.252 e. The summed E-state index contributed by atoms with van der Waals surface area (Å²) in [5.41, 5.74) is 1.20. The van der Waals surface area contributed by atoms with E-state index >= 15 is 0 Å². The Morgan fingerprint density at radius 3 is 2.71 bits per heavy atom. The highest BCUT2D eigenvalue weighted by Gasteiger charge is 2.33. The molecule has 1 heterocycles. The Morgan fingerprint density at radius 2 is 2.07 bits per heavy atom. The van der Waals surface area contributed by atoms with Gasteiger partial charge in [-0.1, -0.05) is 29.8 Å². The Kier molecular flexibility index (Phi) is 2.20. The zero-order chi connectivity index (χ0) is 10.3. The fourth-order valence-electron chi connectivity index (χ4n) is 1.70. The number of hydrogen-bond acceptors (Lipinski definition) is 2. The molecule has 0 spiro atoms. The van der Waals surface area contributed by atoms with Crippen LogP contribution in [0.4, 0.5) is 5.69 Å². The van der Waals surface area contributed by atoms with Crippen molar-refractivity contribution in [2.24, 2.45) is 0 Å². The number of sulfonamides is 1. The van der Waals surface area contributed by atoms with Gasteiger partial charge < -0.3 is 0 Å². The summed E-state index contributed by atoms with van der Waals surface area (Å²) in [5.74, 6) is 0. The molecule has 1 aliphatic heterocycles. The van der Waals surface area contributed by atoms with Gasteiger partial charge in [-0.05, 0) is 11.6 Å². The minimum absolute atomic E-state index is 0.484. The number of para-hydroxylation sites is 1. The number of hydrogen-bond donors (Lipinski definition) is 0. The quantitative estimate of drug-likeness (QED) is 0.544. The van der Waals surface area contributed by atoms with Crippen molar-refractivity contribution in [3.63, 3.8) is 0 Å². The molecule has 2 rings (SSSR count). The lowest BCUT2D eigenvalue weighted by atomic mass is 10.2. The van der Waals surface area contributed by atoms with Crippen molar-refractivity contribution in [2.75, 3.05) is 10.6 Å². The van der Waals surface area contributed by atoms with Crippen LogP contribution < -0.4 is 4.31 Å². The molecule has 0 fully saturated rings. The molecule has 76 valence electrons. The van der Waals surface area contributed by atoms with Gasteiger partial charge >= 0.3 is 0 Å². The van der Waals surface area contributed by atoms with E-state index in [-0.39, 0.29) is 0 Å². The number of anilines is 1. The van der Waals surface area contributed by atoms with E-state index in [1.807, 2.05) is 18.2 Å². The van der Waals surface area contributed by atoms with Crippen molar-refractivity contribution in [2.45, 2.75) is 11.9 Å². The van der Waals surface area contributed by atoms with Gasteiger partial charge in [0.05, 0.1) is 11.9 Å². The van der Waals surface area contributed by atoms with Gasteiger partial charge in [0.25, 0.3) is 0 Å². The molecule has 0 bridgehead atoms. The first-order valence-corrected chi connectivity index (χ1v) is 6.50. The third kappa shape index (κ3) is 1.48. The third-order valence-corrected chi connectivity index (χ3v) is 3.86. The lowest BCUT2D eigenvalue weighted by Gasteiger charge is -2.20. The van der Waals surface area contributed by atoms with Gasteiger partial charge in [-0.3, -0.25) is 4.31 Å². The molecule has 5 heteroatoms. The highest BCUT2D eigenvalue weighted by Crippen LogP contribution is 2.35. The summed E-state index contributed by atoms with van der Waals surface area (Å²) in [6.07, 6.45) is 1.75. The summed E-state index contributed by atoms with van der Waals surface area (Å²) in [6.45, 7) is 0. The molecule has 0 aliphatic carbocycles. The van der Waals surface area contributed by atoms with Gasteiger partial charge in [-0.15, -0.1) is 0 Å². The van der Waals surface area contributed by atoms with Crippen LogP contribution in [-0.4, -0.2) is 20.2 Å². The van der Waals surface area contributed by atoms with Crippen molar-refractivity contribution in [1.29, 1.82) is 0 Å². The van der Waals surface area contributed by atoms with Gasteiger partial charge in [-0.25, -0.2) is 8.42 Å². The van der Waals surface area contributed by atoms with Crippen LogP contribution in [0.15, 0.2) is 24.3 Å². The van der Waals surface area contributed by atoms with Gasteiger partial charge in [0.2, 0.25) is 10.0 Å². The maximum Gasteiger partial charge on any atom is 0.233 e. The van der Waals surface area contributed by atoms with Crippen LogP contribution >= 0.6 is 11.6 Å². The first-order valence-electron chi connectivity index (χ1n) is 4.21. The smallest absolute Gasteiger partial charge is 0.233 e. The number of rotatable bonds is 1. The molecule has 1 aromatic carbocycles. The minimum atomic E-state index is -3.26. The normalized spacial score (nSPS) is 21.0. The first kappa shape index (κ1) is 9.80. The maximum absolute atomic E-state index is 11.4. The van der Waals surface area contributed by atoms with Crippen LogP contribution in [0.25, 0.3) is 0 Å². The van der Waals surface area contributed by atoms with Crippen molar-refractivity contribution < 1.29 is 8.42 Å². The number of benzene rings is 1. The van der Waals surface area contributed by atoms with Crippen LogP contribution in [0.3, 0.4) is 0 Å². The summed E-state index contributed by atoms with van der Waals surface area (Å²) < 4.78 is 24.2. The highest BCUT2D eigenvalue weighted by molar-refractivity contribution is 7.92. The van der Waals surface area contributed by atoms with Crippen molar-refractivity contribution in [3.8, 4) is 0 Å². The summed E-state index contributed by atoms with van der Waals surface area (Å²) in [7, 11) is -3.26. The van der Waals surface area contributed by atoms with E-state index in [1.54, 1.807) is 6.07 Å². The topological polar surface area (TPSA) is 37.4 Å². The molecule has 0 aromatic heterocycles. The fraction of sp³-hybridized carbons (Fsp3) is 0.333. The fourth-order valence-corrected chi connectivity index (χ4v) is 3.43. The van der Waals surface area contributed by atoms with E-state index in [9.17, 15) is 8.42 Å². The van der Waals surface area contributed by atoms with Crippen LogP contribution in [0.1, 0.15) is 5.56 Å². The molecule has 1 aliphatic rings. The van der Waals surface area contributed by atoms with Crippen LogP contribution in [0, 0.1) is 0 Å². The van der Waals surface area contributed by atoms with Crippen LogP contribution in [0.5, 0.6) is 0 Å². The number of alkyl halides is 1. The van der Waals surface area contributed by atoms with E-state index in [4.69, 9.17) is 11.6 Å². The van der Waals surface area contributed by atoms with Crippen LogP contribution in [-0.2, 0) is 16.4 Å². The van der Waals surface area contributed by atoms with E-state index in [0.717, 1.165) is 5.56 Å². The lowest BCUT2D eigenvalue weighted by Crippen LogP contribution is -2.33.